The lowest BCUT2D eigenvalue weighted by molar-refractivity contribution is -0.116. The van der Waals surface area contributed by atoms with Crippen LogP contribution in [0.5, 0.6) is 17.2 Å². The van der Waals surface area contributed by atoms with Gasteiger partial charge in [-0.1, -0.05) is 6.07 Å². The summed E-state index contributed by atoms with van der Waals surface area (Å²) in [5.41, 5.74) is 2.99. The number of carbonyl (C=O) groups excluding carboxylic acids is 1. The Balaban J connectivity index is 1.88. The van der Waals surface area contributed by atoms with Crippen molar-refractivity contribution in [1.82, 2.24) is 0 Å². The van der Waals surface area contributed by atoms with E-state index in [2.05, 4.69) is 12.2 Å². The van der Waals surface area contributed by atoms with Crippen molar-refractivity contribution < 1.29 is 19.0 Å². The van der Waals surface area contributed by atoms with Crippen molar-refractivity contribution in [2.75, 3.05) is 26.1 Å². The Morgan fingerprint density at radius 2 is 1.71 bits per heavy atom. The first-order valence-electron chi connectivity index (χ1n) is 7.75. The second kappa shape index (κ2) is 8.24. The lowest BCUT2D eigenvalue weighted by atomic mass is 10.1. The van der Waals surface area contributed by atoms with Crippen molar-refractivity contribution in [3.8, 4) is 17.2 Å². The molecule has 0 atom stereocenters. The Morgan fingerprint density at radius 1 is 0.958 bits per heavy atom. The summed E-state index contributed by atoms with van der Waals surface area (Å²) in [5, 5.41) is 2.82. The van der Waals surface area contributed by atoms with Crippen LogP contribution in [-0.2, 0) is 4.79 Å². The summed E-state index contributed by atoms with van der Waals surface area (Å²) in [5.74, 6) is 1.86. The summed E-state index contributed by atoms with van der Waals surface area (Å²) < 4.78 is 16.0. The summed E-state index contributed by atoms with van der Waals surface area (Å²) >= 11 is 0. The number of rotatable bonds is 7. The van der Waals surface area contributed by atoms with E-state index < -0.39 is 0 Å². The lowest BCUT2D eigenvalue weighted by Gasteiger charge is -2.12. The number of anilines is 1. The molecule has 0 aromatic heterocycles. The predicted octanol–water partition coefficient (Wildman–Crippen LogP) is 3.73. The van der Waals surface area contributed by atoms with Gasteiger partial charge in [0.05, 0.1) is 32.9 Å². The number of carbonyl (C=O) groups is 1. The highest BCUT2D eigenvalue weighted by Crippen LogP contribution is 2.29. The van der Waals surface area contributed by atoms with E-state index in [-0.39, 0.29) is 12.3 Å². The third-order valence-corrected chi connectivity index (χ3v) is 3.76. The van der Waals surface area contributed by atoms with E-state index in [4.69, 9.17) is 14.2 Å². The monoisotopic (exact) mass is 329 g/mol. The molecule has 0 unspecified atom stereocenters. The predicted molar refractivity (Wildman–Crippen MR) is 94.2 cm³/mol. The van der Waals surface area contributed by atoms with Gasteiger partial charge in [-0.05, 0) is 49.2 Å². The van der Waals surface area contributed by atoms with Crippen LogP contribution in [0.1, 0.15) is 17.5 Å². The first kappa shape index (κ1) is 17.7. The van der Waals surface area contributed by atoms with E-state index in [0.29, 0.717) is 23.8 Å². The first-order valence-corrected chi connectivity index (χ1v) is 7.75. The van der Waals surface area contributed by atoms with Crippen molar-refractivity contribution in [3.05, 3.63) is 47.5 Å². The Hall–Kier alpha value is -2.69. The molecule has 0 radical (unpaired) electrons. The third kappa shape index (κ3) is 4.65. The summed E-state index contributed by atoms with van der Waals surface area (Å²) in [6.07, 6.45) is 0.252. The standard InChI is InChI=1S/C19H23NO4/c1-13-5-6-16(11-14(13)2)24-10-9-19(21)20-17-8-7-15(22-3)12-18(17)23-4/h5-8,11-12H,9-10H2,1-4H3,(H,20,21). The number of methoxy groups -OCH3 is 2. The molecule has 0 saturated carbocycles. The fourth-order valence-electron chi connectivity index (χ4n) is 2.18. The molecule has 0 aliphatic rings. The SMILES string of the molecule is COc1ccc(NC(=O)CCOc2ccc(C)c(C)c2)c(OC)c1. The molecule has 1 amide bonds. The average molecular weight is 329 g/mol. The maximum atomic E-state index is 12.1. The molecule has 0 aliphatic heterocycles. The van der Waals surface area contributed by atoms with Gasteiger partial charge in [0.15, 0.2) is 0 Å². The lowest BCUT2D eigenvalue weighted by Crippen LogP contribution is -2.15. The van der Waals surface area contributed by atoms with Gasteiger partial charge < -0.3 is 19.5 Å². The molecule has 0 saturated heterocycles. The number of amides is 1. The highest BCUT2D eigenvalue weighted by Gasteiger charge is 2.09. The molecule has 0 fully saturated rings. The minimum Gasteiger partial charge on any atom is -0.497 e. The van der Waals surface area contributed by atoms with Crippen LogP contribution in [0, 0.1) is 13.8 Å². The van der Waals surface area contributed by atoms with Crippen molar-refractivity contribution in [3.63, 3.8) is 0 Å². The van der Waals surface area contributed by atoms with Crippen molar-refractivity contribution in [1.29, 1.82) is 0 Å². The van der Waals surface area contributed by atoms with E-state index in [9.17, 15) is 4.79 Å². The van der Waals surface area contributed by atoms with Crippen LogP contribution in [-0.4, -0.2) is 26.7 Å². The van der Waals surface area contributed by atoms with Crippen LogP contribution in [0.3, 0.4) is 0 Å². The smallest absolute Gasteiger partial charge is 0.227 e. The molecular weight excluding hydrogens is 306 g/mol. The Bertz CT molecular complexity index is 713. The second-order valence-electron chi connectivity index (χ2n) is 5.46. The van der Waals surface area contributed by atoms with Crippen molar-refractivity contribution in [2.45, 2.75) is 20.3 Å². The summed E-state index contributed by atoms with van der Waals surface area (Å²) in [7, 11) is 3.13. The normalized spacial score (nSPS) is 10.2. The molecule has 1 N–H and O–H groups in total. The number of benzene rings is 2. The van der Waals surface area contributed by atoms with Crippen LogP contribution in [0.25, 0.3) is 0 Å². The largest absolute Gasteiger partial charge is 0.497 e. The molecule has 0 spiro atoms. The molecule has 128 valence electrons. The summed E-state index contributed by atoms with van der Waals surface area (Å²) in [6.45, 7) is 4.40. The summed E-state index contributed by atoms with van der Waals surface area (Å²) in [6, 6.07) is 11.1. The number of nitrogens with one attached hydrogen (secondary N) is 1. The minimum absolute atomic E-state index is 0.137. The van der Waals surface area contributed by atoms with E-state index in [0.717, 1.165) is 5.75 Å². The topological polar surface area (TPSA) is 56.8 Å². The van der Waals surface area contributed by atoms with Gasteiger partial charge in [-0.25, -0.2) is 0 Å². The third-order valence-electron chi connectivity index (χ3n) is 3.76. The van der Waals surface area contributed by atoms with Crippen LogP contribution >= 0.6 is 0 Å². The number of aryl methyl sites for hydroxylation is 2. The molecule has 0 heterocycles. The molecular formula is C19H23NO4. The van der Waals surface area contributed by atoms with Gasteiger partial charge in [0.25, 0.3) is 0 Å². The van der Waals surface area contributed by atoms with Crippen molar-refractivity contribution >= 4 is 11.6 Å². The van der Waals surface area contributed by atoms with Gasteiger partial charge in [0.2, 0.25) is 5.91 Å². The van der Waals surface area contributed by atoms with Gasteiger partial charge in [-0.15, -0.1) is 0 Å². The summed E-state index contributed by atoms with van der Waals surface area (Å²) in [4.78, 5) is 12.1. The second-order valence-corrected chi connectivity index (χ2v) is 5.46. The van der Waals surface area contributed by atoms with Crippen LogP contribution < -0.4 is 19.5 Å². The number of hydrogen-bond acceptors (Lipinski definition) is 4. The Labute approximate surface area is 142 Å². The van der Waals surface area contributed by atoms with E-state index in [1.165, 1.54) is 11.1 Å². The zero-order valence-electron chi connectivity index (χ0n) is 14.5. The average Bonchev–Trinajstić information content (AvgIpc) is 2.58. The molecule has 5 nitrogen and oxygen atoms in total. The van der Waals surface area contributed by atoms with Gasteiger partial charge in [0, 0.05) is 6.07 Å². The highest BCUT2D eigenvalue weighted by molar-refractivity contribution is 5.92. The van der Waals surface area contributed by atoms with Gasteiger partial charge in [-0.2, -0.15) is 0 Å². The zero-order valence-corrected chi connectivity index (χ0v) is 14.5. The Morgan fingerprint density at radius 3 is 2.38 bits per heavy atom. The van der Waals surface area contributed by atoms with E-state index >= 15 is 0 Å². The first-order chi connectivity index (χ1) is 11.5. The molecule has 0 aliphatic carbocycles. The van der Waals surface area contributed by atoms with Gasteiger partial charge in [-0.3, -0.25) is 4.79 Å². The van der Waals surface area contributed by atoms with Gasteiger partial charge in [0.1, 0.15) is 17.2 Å². The quantitative estimate of drug-likeness (QED) is 0.841. The zero-order chi connectivity index (χ0) is 17.5. The van der Waals surface area contributed by atoms with Crippen LogP contribution in [0.15, 0.2) is 36.4 Å². The van der Waals surface area contributed by atoms with Gasteiger partial charge >= 0.3 is 0 Å². The number of hydrogen-bond donors (Lipinski definition) is 1. The molecule has 0 bridgehead atoms. The fourth-order valence-corrected chi connectivity index (χ4v) is 2.18. The molecule has 24 heavy (non-hydrogen) atoms. The molecule has 5 heteroatoms. The maximum absolute atomic E-state index is 12.1. The Kier molecular flexibility index (Phi) is 6.07. The highest BCUT2D eigenvalue weighted by atomic mass is 16.5. The van der Waals surface area contributed by atoms with Crippen LogP contribution in [0.4, 0.5) is 5.69 Å². The minimum atomic E-state index is -0.137. The molecule has 2 aromatic carbocycles. The molecule has 2 rings (SSSR count). The van der Waals surface area contributed by atoms with E-state index in [1.807, 2.05) is 25.1 Å². The molecule has 2 aromatic rings. The van der Waals surface area contributed by atoms with Crippen LogP contribution in [0.2, 0.25) is 0 Å². The fraction of sp³-hybridized carbons (Fsp3) is 0.316. The maximum Gasteiger partial charge on any atom is 0.227 e. The number of ether oxygens (including phenoxy) is 3. The van der Waals surface area contributed by atoms with E-state index in [1.54, 1.807) is 32.4 Å². The van der Waals surface area contributed by atoms with Crippen molar-refractivity contribution in [2.24, 2.45) is 0 Å².